The highest BCUT2D eigenvalue weighted by Crippen LogP contribution is 2.19. The number of carboxylic acid groups (broad SMARTS) is 1. The van der Waals surface area contributed by atoms with Gasteiger partial charge in [0.2, 0.25) is 94.5 Å². The maximum absolute atomic E-state index is 15.0. The number of guanidine groups is 2. The van der Waals surface area contributed by atoms with Crippen LogP contribution in [-0.4, -0.2) is 252 Å². The fourth-order valence-corrected chi connectivity index (χ4v) is 13.9. The van der Waals surface area contributed by atoms with Crippen molar-refractivity contribution in [1.29, 1.82) is 10.8 Å². The van der Waals surface area contributed by atoms with E-state index in [9.17, 15) is 92.0 Å². The van der Waals surface area contributed by atoms with Crippen molar-refractivity contribution in [1.82, 2.24) is 85.1 Å². The molecular weight excluding hydrogens is 1730 g/mol. The smallest absolute Gasteiger partial charge is 0.326 e. The van der Waals surface area contributed by atoms with Crippen LogP contribution in [0.4, 0.5) is 0 Å². The van der Waals surface area contributed by atoms with Gasteiger partial charge in [-0.1, -0.05) is 128 Å². The molecule has 0 heterocycles. The number of nitrogens with one attached hydrogen (secondary N) is 18. The Morgan fingerprint density at radius 3 is 0.977 bits per heavy atom. The number of aliphatic carboxylic acids is 1. The molecule has 0 saturated carbocycles. The third-order valence-corrected chi connectivity index (χ3v) is 20.9. The molecule has 0 aliphatic carbocycles. The summed E-state index contributed by atoms with van der Waals surface area (Å²) in [6.45, 7) is 12.4. The van der Waals surface area contributed by atoms with E-state index in [0.717, 1.165) is 0 Å². The standard InChI is InChI=1S/C88H141N25O20/c1-48(2)39-61(100-71(118)46-91)77(123)110-66(44-54-29-31-55(115)32-30-54)83(129)113-72(51(7)8)85(131)112-68(47-114)84(130)103-58(28-20-38-99-88(96)97)75(121)107-63(41-50(5)6)79(125)109-65(43-53-23-13-10-14-24-53)81(127)111-67(45-70(93)117)82(128)102-57(27-19-37-98-87(94)95)74(120)106-62(40-49(3)4)78(124)108-64(42-52-21-11-9-12-22-52)80(126)104-59(33-34-69(92)116)76(122)101-56(25-15-17-35-89)73(119)105-60(86(132)133)26-16-18-36-90/h9-14,21-24,29-32,48-51,56-68,72,114-115H,15-20,25-28,33-47,89-91H2,1-8H3,(H2,92,116)(H2,93,117)(H,100,118)(H,101,122)(H,102,128)(H,103,130)(H,104,126)(H,105,119)(H,106,120)(H,107,121)(H,108,124)(H,109,125)(H,110,123)(H,111,127)(H,112,131)(H,113,129)(H,132,133)(H4,94,95,98)(H4,96,97,99)/t56-,57-,58-,59-,60-,61-,62-,63-,64-,65-,66-,67-,68-,72-/m0/s1. The molecule has 0 fully saturated rings. The van der Waals surface area contributed by atoms with Gasteiger partial charge in [-0.2, -0.15) is 0 Å². The quantitative estimate of drug-likeness (QED) is 0.0143. The molecule has 133 heavy (non-hydrogen) atoms. The molecule has 738 valence electrons. The van der Waals surface area contributed by atoms with Crippen molar-refractivity contribution in [2.75, 3.05) is 39.3 Å². The van der Waals surface area contributed by atoms with Gasteiger partial charge in [-0.3, -0.25) is 87.5 Å². The molecule has 16 amide bonds. The molecule has 14 atom stereocenters. The summed E-state index contributed by atoms with van der Waals surface area (Å²) in [5.41, 5.74) is 40.7. The number of carboxylic acids is 1. The van der Waals surface area contributed by atoms with Gasteiger partial charge in [0, 0.05) is 38.8 Å². The Bertz CT molecular complexity index is 4320. The topological polar surface area (TPSA) is 773 Å². The predicted molar refractivity (Wildman–Crippen MR) is 492 cm³/mol. The third-order valence-electron chi connectivity index (χ3n) is 20.9. The first-order valence-corrected chi connectivity index (χ1v) is 44.7. The second kappa shape index (κ2) is 60.7. The molecule has 3 aromatic rings. The number of hydrogen-bond donors (Lipinski definition) is 28. The number of aliphatic hydroxyl groups is 1. The Balaban J connectivity index is 2.06. The number of primary amides is 2. The summed E-state index contributed by atoms with van der Waals surface area (Å²) < 4.78 is 0. The summed E-state index contributed by atoms with van der Waals surface area (Å²) in [6, 6.07) is 0.258. The molecule has 0 aliphatic rings. The van der Waals surface area contributed by atoms with Crippen LogP contribution in [0.5, 0.6) is 5.75 Å². The number of aliphatic hydroxyl groups excluding tert-OH is 1. The third kappa shape index (κ3) is 45.0. The lowest BCUT2D eigenvalue weighted by Crippen LogP contribution is -2.62. The summed E-state index contributed by atoms with van der Waals surface area (Å²) in [5, 5.41) is 87.4. The summed E-state index contributed by atoms with van der Waals surface area (Å²) in [6.07, 6.45) is -1.86. The molecule has 45 heteroatoms. The maximum atomic E-state index is 15.0. The Morgan fingerprint density at radius 2 is 0.632 bits per heavy atom. The van der Waals surface area contributed by atoms with Crippen molar-refractivity contribution >= 4 is 112 Å². The van der Waals surface area contributed by atoms with Gasteiger partial charge in [-0.25, -0.2) is 4.79 Å². The van der Waals surface area contributed by atoms with Gasteiger partial charge >= 0.3 is 5.97 Å². The Kier molecular flexibility index (Phi) is 52.1. The van der Waals surface area contributed by atoms with Crippen LogP contribution in [0.15, 0.2) is 84.9 Å². The Morgan fingerprint density at radius 1 is 0.331 bits per heavy atom. The van der Waals surface area contributed by atoms with Gasteiger partial charge in [0.15, 0.2) is 11.9 Å². The normalized spacial score (nSPS) is 14.3. The highest BCUT2D eigenvalue weighted by molar-refractivity contribution is 6.01. The minimum absolute atomic E-state index is 0.00459. The van der Waals surface area contributed by atoms with Gasteiger partial charge in [-0.15, -0.1) is 0 Å². The average Bonchev–Trinajstić information content (AvgIpc) is 0.844. The number of rotatable bonds is 64. The average molecular weight is 1870 g/mol. The largest absolute Gasteiger partial charge is 0.508 e. The van der Waals surface area contributed by atoms with Crippen molar-refractivity contribution < 1.29 is 96.8 Å². The van der Waals surface area contributed by atoms with Crippen LogP contribution < -0.4 is 125 Å². The van der Waals surface area contributed by atoms with E-state index in [4.69, 9.17) is 51.0 Å². The molecule has 45 nitrogen and oxygen atoms in total. The lowest BCUT2D eigenvalue weighted by atomic mass is 9.99. The molecule has 35 N–H and O–H groups in total. The fraction of sp³-hybridized carbons (Fsp3) is 0.580. The number of carbonyl (C=O) groups is 17. The minimum atomic E-state index is -1.94. The van der Waals surface area contributed by atoms with E-state index in [0.29, 0.717) is 36.0 Å². The summed E-state index contributed by atoms with van der Waals surface area (Å²) in [4.78, 5) is 240. The summed E-state index contributed by atoms with van der Waals surface area (Å²) in [7, 11) is 0. The number of nitrogens with two attached hydrogens (primary N) is 7. The molecule has 0 spiro atoms. The maximum Gasteiger partial charge on any atom is 0.326 e. The van der Waals surface area contributed by atoms with Crippen LogP contribution in [0.25, 0.3) is 0 Å². The van der Waals surface area contributed by atoms with Crippen molar-refractivity contribution in [2.45, 2.75) is 262 Å². The fourth-order valence-electron chi connectivity index (χ4n) is 13.9. The van der Waals surface area contributed by atoms with Crippen LogP contribution in [0.1, 0.15) is 175 Å². The van der Waals surface area contributed by atoms with Gasteiger partial charge in [0.25, 0.3) is 0 Å². The van der Waals surface area contributed by atoms with Gasteiger partial charge < -0.3 is 141 Å². The molecule has 0 saturated heterocycles. The van der Waals surface area contributed by atoms with Crippen LogP contribution in [0.3, 0.4) is 0 Å². The zero-order chi connectivity index (χ0) is 99.6. The number of benzene rings is 3. The zero-order valence-corrected chi connectivity index (χ0v) is 77.0. The Hall–Kier alpha value is -13.2. The van der Waals surface area contributed by atoms with Crippen molar-refractivity contribution in [3.05, 3.63) is 102 Å². The first-order valence-electron chi connectivity index (χ1n) is 44.7. The highest BCUT2D eigenvalue weighted by atomic mass is 16.4. The lowest BCUT2D eigenvalue weighted by Gasteiger charge is -2.29. The predicted octanol–water partition coefficient (Wildman–Crippen LogP) is -5.04. The first-order chi connectivity index (χ1) is 62.9. The van der Waals surface area contributed by atoms with Crippen LogP contribution >= 0.6 is 0 Å². The second-order valence-corrected chi connectivity index (χ2v) is 34.2. The number of carbonyl (C=O) groups excluding carboxylic acids is 16. The summed E-state index contributed by atoms with van der Waals surface area (Å²) in [5.74, 6) is -19.7. The highest BCUT2D eigenvalue weighted by Gasteiger charge is 2.40. The van der Waals surface area contributed by atoms with E-state index in [-0.39, 0.29) is 121 Å². The number of phenolic OH excluding ortho intramolecular Hbond substituents is 1. The Labute approximate surface area is 774 Å². The van der Waals surface area contributed by atoms with Gasteiger partial charge in [0.1, 0.15) is 90.3 Å². The second-order valence-electron chi connectivity index (χ2n) is 34.2. The number of phenols is 1. The SMILES string of the molecule is CC(C)C[C@H](NC(=O)CN)C(=O)N[C@@H](Cc1ccc(O)cc1)C(=O)N[C@H](C(=O)N[C@@H](CO)C(=O)N[C@@H](CCCNC(=N)N)C(=O)N[C@@H](CC(C)C)C(=O)N[C@@H](Cc1ccccc1)C(=O)N[C@@H](CC(N)=O)C(=O)N[C@@H](CCCNC(=N)N)C(=O)N[C@@H](CC(C)C)C(=O)N[C@@H](Cc1ccccc1)C(=O)N[C@@H](CCC(N)=O)C(=O)N[C@@H](CCCCN)C(=O)N[C@@H](CCCCN)C(=O)O)C(C)C. The van der Waals surface area contributed by atoms with E-state index in [1.807, 2.05) is 0 Å². The number of unbranched alkanes of at least 4 members (excludes halogenated alkanes) is 2. The zero-order valence-electron chi connectivity index (χ0n) is 77.0. The van der Waals surface area contributed by atoms with Gasteiger partial charge in [0.05, 0.1) is 19.6 Å². The van der Waals surface area contributed by atoms with E-state index < -0.39 is 247 Å². The number of amides is 16. The molecule has 0 aliphatic heterocycles. The van der Waals surface area contributed by atoms with Crippen LogP contribution in [0, 0.1) is 34.5 Å². The van der Waals surface area contributed by atoms with E-state index in [1.54, 1.807) is 116 Å². The molecule has 0 unspecified atom stereocenters. The number of aromatic hydroxyl groups is 1. The van der Waals surface area contributed by atoms with Gasteiger partial charge in [-0.05, 0) is 155 Å². The first kappa shape index (κ1) is 114. The van der Waals surface area contributed by atoms with Crippen LogP contribution in [-0.2, 0) is 101 Å². The molecule has 0 aromatic heterocycles. The molecule has 0 radical (unpaired) electrons. The van der Waals surface area contributed by atoms with E-state index >= 15 is 4.79 Å². The van der Waals surface area contributed by atoms with E-state index in [1.165, 1.54) is 24.3 Å². The van der Waals surface area contributed by atoms with E-state index in [2.05, 4.69) is 85.1 Å². The van der Waals surface area contributed by atoms with Crippen molar-refractivity contribution in [2.24, 2.45) is 63.8 Å². The minimum Gasteiger partial charge on any atom is -0.508 e. The van der Waals surface area contributed by atoms with Crippen molar-refractivity contribution in [3.63, 3.8) is 0 Å². The monoisotopic (exact) mass is 1870 g/mol. The molecule has 0 bridgehead atoms. The van der Waals surface area contributed by atoms with Crippen molar-refractivity contribution in [3.8, 4) is 5.75 Å². The molecule has 3 rings (SSSR count). The lowest BCUT2D eigenvalue weighted by molar-refractivity contribution is -0.142. The van der Waals surface area contributed by atoms with Crippen LogP contribution in [0.2, 0.25) is 0 Å². The molecule has 3 aromatic carbocycles. The number of hydrogen-bond acceptors (Lipinski definition) is 24. The summed E-state index contributed by atoms with van der Waals surface area (Å²) >= 11 is 0. The molecular formula is C88H141N25O20.